The first kappa shape index (κ1) is 10.5. The third-order valence-corrected chi connectivity index (χ3v) is 2.42. The molecule has 0 spiro atoms. The summed E-state index contributed by atoms with van der Waals surface area (Å²) in [5.41, 5.74) is 6.67. The molecule has 5 heteroatoms. The molecule has 0 aliphatic carbocycles. The topological polar surface area (TPSA) is 68.2 Å². The highest BCUT2D eigenvalue weighted by atomic mass is 16.3. The second-order valence-corrected chi connectivity index (χ2v) is 3.63. The van der Waals surface area contributed by atoms with E-state index in [4.69, 9.17) is 10.2 Å². The van der Waals surface area contributed by atoms with E-state index in [2.05, 4.69) is 9.97 Å². The van der Waals surface area contributed by atoms with Crippen LogP contribution in [0.2, 0.25) is 0 Å². The van der Waals surface area contributed by atoms with Crippen molar-refractivity contribution in [2.45, 2.75) is 13.5 Å². The van der Waals surface area contributed by atoms with Gasteiger partial charge in [0, 0.05) is 25.4 Å². The van der Waals surface area contributed by atoms with Gasteiger partial charge < -0.3 is 15.1 Å². The van der Waals surface area contributed by atoms with Gasteiger partial charge in [-0.25, -0.2) is 4.98 Å². The van der Waals surface area contributed by atoms with E-state index in [1.54, 1.807) is 12.5 Å². The summed E-state index contributed by atoms with van der Waals surface area (Å²) in [5.74, 6) is 2.01. The third kappa shape index (κ3) is 2.13. The number of hydrogen-bond donors (Lipinski definition) is 1. The molecule has 0 atom stereocenters. The molecule has 5 nitrogen and oxygen atoms in total. The summed E-state index contributed by atoms with van der Waals surface area (Å²) in [4.78, 5) is 10.00. The van der Waals surface area contributed by atoms with E-state index in [9.17, 15) is 0 Å². The molecule has 0 saturated heterocycles. The van der Waals surface area contributed by atoms with Crippen molar-refractivity contribution >= 4 is 11.8 Å². The number of aromatic nitrogens is 2. The Bertz CT molecular complexity index is 480. The summed E-state index contributed by atoms with van der Waals surface area (Å²) in [6.45, 7) is 2.68. The quantitative estimate of drug-likeness (QED) is 0.847. The average molecular weight is 218 g/mol. The molecule has 2 aromatic heterocycles. The highest BCUT2D eigenvalue weighted by Crippen LogP contribution is 2.15. The van der Waals surface area contributed by atoms with Crippen LogP contribution in [0.3, 0.4) is 0 Å². The summed E-state index contributed by atoms with van der Waals surface area (Å²) in [6.07, 6.45) is 3.34. The molecule has 0 radical (unpaired) electrons. The number of nitrogens with two attached hydrogens (primary N) is 1. The summed E-state index contributed by atoms with van der Waals surface area (Å²) in [7, 11) is 1.95. The molecular formula is C11H14N4O. The van der Waals surface area contributed by atoms with Crippen molar-refractivity contribution in [1.82, 2.24) is 9.97 Å². The van der Waals surface area contributed by atoms with E-state index in [-0.39, 0.29) is 5.95 Å². The van der Waals surface area contributed by atoms with Crippen LogP contribution in [0.1, 0.15) is 11.3 Å². The summed E-state index contributed by atoms with van der Waals surface area (Å²) >= 11 is 0. The van der Waals surface area contributed by atoms with Gasteiger partial charge in [0.15, 0.2) is 0 Å². The molecule has 2 heterocycles. The zero-order valence-corrected chi connectivity index (χ0v) is 9.34. The molecular weight excluding hydrogens is 204 g/mol. The van der Waals surface area contributed by atoms with E-state index in [0.717, 1.165) is 23.7 Å². The van der Waals surface area contributed by atoms with Gasteiger partial charge in [-0.1, -0.05) is 0 Å². The number of hydrogen-bond acceptors (Lipinski definition) is 5. The Morgan fingerprint density at radius 1 is 1.44 bits per heavy atom. The lowest BCUT2D eigenvalue weighted by molar-refractivity contribution is 0.529. The van der Waals surface area contributed by atoms with Crippen LogP contribution in [0.4, 0.5) is 11.8 Å². The number of aryl methyl sites for hydroxylation is 1. The molecule has 84 valence electrons. The fraction of sp³-hybridized carbons (Fsp3) is 0.273. The molecule has 16 heavy (non-hydrogen) atoms. The Labute approximate surface area is 93.9 Å². The van der Waals surface area contributed by atoms with Gasteiger partial charge in [0.1, 0.15) is 11.6 Å². The minimum atomic E-state index is 0.285. The molecule has 0 fully saturated rings. The first-order valence-electron chi connectivity index (χ1n) is 4.99. The molecule has 0 unspecified atom stereocenters. The number of nitrogens with zero attached hydrogens (tertiary/aromatic N) is 3. The molecule has 0 bridgehead atoms. The fourth-order valence-electron chi connectivity index (χ4n) is 1.49. The molecule has 2 N–H and O–H groups in total. The Balaban J connectivity index is 2.14. The SMILES string of the molecule is Cc1occc1CN(C)c1ccnc(N)n1. The van der Waals surface area contributed by atoms with Gasteiger partial charge in [-0.15, -0.1) is 0 Å². The monoisotopic (exact) mass is 218 g/mol. The first-order chi connectivity index (χ1) is 7.66. The Kier molecular flexibility index (Phi) is 2.76. The van der Waals surface area contributed by atoms with Crippen LogP contribution < -0.4 is 10.6 Å². The lowest BCUT2D eigenvalue weighted by atomic mass is 10.2. The number of anilines is 2. The lowest BCUT2D eigenvalue weighted by Gasteiger charge is -2.17. The van der Waals surface area contributed by atoms with Crippen molar-refractivity contribution in [3.63, 3.8) is 0 Å². The Hall–Kier alpha value is -2.04. The molecule has 2 aromatic rings. The van der Waals surface area contributed by atoms with Gasteiger partial charge >= 0.3 is 0 Å². The number of nitrogen functional groups attached to an aromatic ring is 1. The minimum Gasteiger partial charge on any atom is -0.469 e. The van der Waals surface area contributed by atoms with Crippen molar-refractivity contribution < 1.29 is 4.42 Å². The van der Waals surface area contributed by atoms with Crippen molar-refractivity contribution in [1.29, 1.82) is 0 Å². The minimum absolute atomic E-state index is 0.285. The maximum absolute atomic E-state index is 5.53. The van der Waals surface area contributed by atoms with Gasteiger partial charge in [0.05, 0.1) is 6.26 Å². The van der Waals surface area contributed by atoms with Crippen LogP contribution in [0.25, 0.3) is 0 Å². The normalized spacial score (nSPS) is 10.4. The summed E-state index contributed by atoms with van der Waals surface area (Å²) in [5, 5.41) is 0. The van der Waals surface area contributed by atoms with Crippen LogP contribution in [-0.2, 0) is 6.54 Å². The van der Waals surface area contributed by atoms with Crippen LogP contribution >= 0.6 is 0 Å². The average Bonchev–Trinajstić information content (AvgIpc) is 2.64. The maximum Gasteiger partial charge on any atom is 0.221 e. The van der Waals surface area contributed by atoms with E-state index < -0.39 is 0 Å². The Morgan fingerprint density at radius 3 is 2.88 bits per heavy atom. The molecule has 0 amide bonds. The molecule has 0 aromatic carbocycles. The fourth-order valence-corrected chi connectivity index (χ4v) is 1.49. The number of rotatable bonds is 3. The highest BCUT2D eigenvalue weighted by Gasteiger charge is 2.07. The van der Waals surface area contributed by atoms with Gasteiger partial charge in [0.2, 0.25) is 5.95 Å². The van der Waals surface area contributed by atoms with Crippen molar-refractivity contribution in [3.8, 4) is 0 Å². The predicted octanol–water partition coefficient (Wildman–Crippen LogP) is 1.60. The van der Waals surface area contributed by atoms with Crippen LogP contribution in [0, 0.1) is 6.92 Å². The summed E-state index contributed by atoms with van der Waals surface area (Å²) < 4.78 is 5.24. The smallest absolute Gasteiger partial charge is 0.221 e. The zero-order chi connectivity index (χ0) is 11.5. The molecule has 0 aliphatic rings. The van der Waals surface area contributed by atoms with E-state index in [0.29, 0.717) is 0 Å². The standard InChI is InChI=1S/C11H14N4O/c1-8-9(4-6-16-8)7-15(2)10-3-5-13-11(12)14-10/h3-6H,7H2,1-2H3,(H2,12,13,14). The summed E-state index contributed by atoms with van der Waals surface area (Å²) in [6, 6.07) is 3.78. The van der Waals surface area contributed by atoms with Crippen LogP contribution in [0.15, 0.2) is 29.0 Å². The largest absolute Gasteiger partial charge is 0.469 e. The maximum atomic E-state index is 5.53. The van der Waals surface area contributed by atoms with Crippen molar-refractivity contribution in [2.24, 2.45) is 0 Å². The second-order valence-electron chi connectivity index (χ2n) is 3.63. The van der Waals surface area contributed by atoms with Crippen molar-refractivity contribution in [2.75, 3.05) is 17.7 Å². The molecule has 0 aliphatic heterocycles. The van der Waals surface area contributed by atoms with Gasteiger partial charge in [-0.3, -0.25) is 0 Å². The van der Waals surface area contributed by atoms with Crippen molar-refractivity contribution in [3.05, 3.63) is 35.9 Å². The van der Waals surface area contributed by atoms with E-state index >= 15 is 0 Å². The van der Waals surface area contributed by atoms with E-state index in [1.165, 1.54) is 0 Å². The van der Waals surface area contributed by atoms with E-state index in [1.807, 2.05) is 31.0 Å². The predicted molar refractivity (Wildman–Crippen MR) is 62.0 cm³/mol. The highest BCUT2D eigenvalue weighted by molar-refractivity contribution is 5.41. The first-order valence-corrected chi connectivity index (χ1v) is 4.99. The number of furan rings is 1. The second kappa shape index (κ2) is 4.22. The third-order valence-electron chi connectivity index (χ3n) is 2.42. The zero-order valence-electron chi connectivity index (χ0n) is 9.34. The Morgan fingerprint density at radius 2 is 2.25 bits per heavy atom. The molecule has 2 rings (SSSR count). The van der Waals surface area contributed by atoms with Gasteiger partial charge in [0.25, 0.3) is 0 Å². The lowest BCUT2D eigenvalue weighted by Crippen LogP contribution is -2.18. The van der Waals surface area contributed by atoms with Crippen LogP contribution in [0.5, 0.6) is 0 Å². The van der Waals surface area contributed by atoms with Gasteiger partial charge in [-0.2, -0.15) is 4.98 Å². The van der Waals surface area contributed by atoms with Gasteiger partial charge in [-0.05, 0) is 19.1 Å². The van der Waals surface area contributed by atoms with Crippen LogP contribution in [-0.4, -0.2) is 17.0 Å². The molecule has 0 saturated carbocycles.